The number of hydrogen-bond donors (Lipinski definition) is 0. The summed E-state index contributed by atoms with van der Waals surface area (Å²) in [4.78, 5) is 4.06. The average molecular weight is 412 g/mol. The normalized spacial score (nSPS) is 10.0. The lowest BCUT2D eigenvalue weighted by molar-refractivity contribution is 1.31. The molecule has 142 valence electrons. The third kappa shape index (κ3) is 5.30. The van der Waals surface area contributed by atoms with Crippen molar-refractivity contribution in [2.45, 2.75) is 21.6 Å². The Morgan fingerprint density at radius 1 is 0.655 bits per heavy atom. The van der Waals surface area contributed by atoms with Gasteiger partial charge in [-0.1, -0.05) is 90.6 Å². The Bertz CT molecular complexity index is 1030. The van der Waals surface area contributed by atoms with Gasteiger partial charge in [0.15, 0.2) is 14.7 Å². The minimum absolute atomic E-state index is 0.132. The molecule has 0 aliphatic carbocycles. The Morgan fingerprint density at radius 2 is 1.10 bits per heavy atom. The first-order chi connectivity index (χ1) is 14.2. The van der Waals surface area contributed by atoms with Crippen molar-refractivity contribution in [2.75, 3.05) is 0 Å². The first-order valence-corrected chi connectivity index (χ1v) is 10.9. The molecular weight excluding hydrogens is 390 g/mol. The highest BCUT2D eigenvalue weighted by Gasteiger charge is 2.31. The van der Waals surface area contributed by atoms with E-state index in [2.05, 4.69) is 128 Å². The number of isothiocyanates is 1. The minimum Gasteiger partial charge on any atom is -0.753 e. The third-order valence-corrected chi connectivity index (χ3v) is 6.71. The summed E-state index contributed by atoms with van der Waals surface area (Å²) in [5.41, 5.74) is 3.87. The van der Waals surface area contributed by atoms with E-state index in [1.807, 2.05) is 0 Å². The van der Waals surface area contributed by atoms with Gasteiger partial charge in [0.1, 0.15) is 0 Å². The molecular formula is C26H21NS2. The van der Waals surface area contributed by atoms with Crippen LogP contribution in [0.25, 0.3) is 16.5 Å². The van der Waals surface area contributed by atoms with Gasteiger partial charge in [-0.2, -0.15) is 5.16 Å². The van der Waals surface area contributed by atoms with Gasteiger partial charge in [-0.25, -0.2) is 0 Å². The lowest BCUT2D eigenvalue weighted by Gasteiger charge is -2.12. The summed E-state index contributed by atoms with van der Waals surface area (Å²) in [6, 6.07) is 39.3. The van der Waals surface area contributed by atoms with Gasteiger partial charge in [-0.05, 0) is 48.9 Å². The van der Waals surface area contributed by atoms with Crippen LogP contribution in [0, 0.1) is 6.92 Å². The molecule has 0 radical (unpaired) electrons. The van der Waals surface area contributed by atoms with Gasteiger partial charge in [-0.3, -0.25) is 0 Å². The average Bonchev–Trinajstić information content (AvgIpc) is 2.77. The smallest absolute Gasteiger partial charge is 0.174 e. The second-order valence-electron chi connectivity index (χ2n) is 6.39. The molecule has 4 aromatic rings. The van der Waals surface area contributed by atoms with Crippen LogP contribution in [0.4, 0.5) is 0 Å². The van der Waals surface area contributed by atoms with E-state index in [1.54, 1.807) is 0 Å². The number of rotatable bonds is 4. The lowest BCUT2D eigenvalue weighted by Crippen LogP contribution is -2.06. The molecule has 0 saturated carbocycles. The van der Waals surface area contributed by atoms with Crippen molar-refractivity contribution in [2.24, 2.45) is 0 Å². The third-order valence-electron chi connectivity index (χ3n) is 4.43. The Morgan fingerprint density at radius 3 is 1.62 bits per heavy atom. The SMILES string of the molecule is Cc1ccc(-c2ccccc2[S+](c2ccccc2)c2ccccc2)cc1.[N-]=C=S. The number of aryl methyl sites for hydroxylation is 1. The molecule has 29 heavy (non-hydrogen) atoms. The molecule has 4 rings (SSSR count). The predicted molar refractivity (Wildman–Crippen MR) is 128 cm³/mol. The molecule has 0 saturated heterocycles. The molecule has 0 N–H and O–H groups in total. The van der Waals surface area contributed by atoms with Crippen LogP contribution in [0.2, 0.25) is 0 Å². The minimum atomic E-state index is -0.132. The van der Waals surface area contributed by atoms with Gasteiger partial charge >= 0.3 is 0 Å². The zero-order chi connectivity index (χ0) is 20.5. The van der Waals surface area contributed by atoms with Crippen molar-refractivity contribution in [3.63, 3.8) is 0 Å². The first-order valence-electron chi connectivity index (χ1n) is 9.26. The molecule has 0 aromatic heterocycles. The van der Waals surface area contributed by atoms with Crippen molar-refractivity contribution < 1.29 is 0 Å². The molecule has 0 atom stereocenters. The summed E-state index contributed by atoms with van der Waals surface area (Å²) in [6.07, 6.45) is 0. The van der Waals surface area contributed by atoms with Crippen LogP contribution in [0.1, 0.15) is 5.56 Å². The maximum atomic E-state index is 7.13. The highest BCUT2D eigenvalue weighted by atomic mass is 32.2. The van der Waals surface area contributed by atoms with Crippen LogP contribution in [-0.2, 0) is 10.9 Å². The van der Waals surface area contributed by atoms with Gasteiger partial charge in [0, 0.05) is 5.56 Å². The number of hydrogen-bond acceptors (Lipinski definition) is 1. The second kappa shape index (κ2) is 10.5. The fourth-order valence-electron chi connectivity index (χ4n) is 3.12. The van der Waals surface area contributed by atoms with E-state index in [-0.39, 0.29) is 10.9 Å². The topological polar surface area (TPSA) is 22.3 Å². The quantitative estimate of drug-likeness (QED) is 0.195. The number of thiocarbonyl (C=S) groups is 1. The van der Waals surface area contributed by atoms with Gasteiger partial charge < -0.3 is 5.41 Å². The van der Waals surface area contributed by atoms with E-state index in [0.29, 0.717) is 0 Å². The van der Waals surface area contributed by atoms with Crippen LogP contribution < -0.4 is 0 Å². The van der Waals surface area contributed by atoms with E-state index in [4.69, 9.17) is 5.41 Å². The van der Waals surface area contributed by atoms with E-state index < -0.39 is 0 Å². The standard InChI is InChI=1S/C25H21S.CNS/c1-20-16-18-21(19-17-20)24-14-8-9-15-25(24)26(22-10-4-2-5-11-22)23-12-6-3-7-13-23;2-1-3/h2-19H,1H3;/q+1;-1. The molecule has 0 aliphatic heterocycles. The molecule has 1 nitrogen and oxygen atoms in total. The van der Waals surface area contributed by atoms with Crippen molar-refractivity contribution in [1.29, 1.82) is 0 Å². The molecule has 4 aromatic carbocycles. The van der Waals surface area contributed by atoms with Crippen molar-refractivity contribution in [3.8, 4) is 11.1 Å². The summed E-state index contributed by atoms with van der Waals surface area (Å²) in [7, 11) is -0.132. The summed E-state index contributed by atoms with van der Waals surface area (Å²) in [5, 5.41) is 8.47. The van der Waals surface area contributed by atoms with Crippen LogP contribution >= 0.6 is 12.2 Å². The molecule has 3 heteroatoms. The Hall–Kier alpha value is -2.97. The molecule has 0 heterocycles. The number of benzene rings is 4. The maximum absolute atomic E-state index is 7.13. The van der Waals surface area contributed by atoms with Crippen molar-refractivity contribution in [3.05, 3.63) is 120 Å². The highest BCUT2D eigenvalue weighted by molar-refractivity contribution is 7.97. The van der Waals surface area contributed by atoms with Crippen LogP contribution in [-0.4, -0.2) is 5.16 Å². The second-order valence-corrected chi connectivity index (χ2v) is 8.56. The fourth-order valence-corrected chi connectivity index (χ4v) is 5.38. The van der Waals surface area contributed by atoms with E-state index >= 15 is 0 Å². The Labute approximate surface area is 180 Å². The van der Waals surface area contributed by atoms with Gasteiger partial charge in [0.2, 0.25) is 0 Å². The molecule has 0 bridgehead atoms. The molecule has 0 fully saturated rings. The fraction of sp³-hybridized carbons (Fsp3) is 0.0385. The lowest BCUT2D eigenvalue weighted by atomic mass is 10.0. The monoisotopic (exact) mass is 411 g/mol. The van der Waals surface area contributed by atoms with Crippen molar-refractivity contribution in [1.82, 2.24) is 0 Å². The maximum Gasteiger partial charge on any atom is 0.174 e. The summed E-state index contributed by atoms with van der Waals surface area (Å²) < 4.78 is 0. The molecule has 0 aliphatic rings. The number of nitrogens with zero attached hydrogens (tertiary/aromatic N) is 1. The summed E-state index contributed by atoms with van der Waals surface area (Å²) in [5.74, 6) is 0. The largest absolute Gasteiger partial charge is 0.753 e. The van der Waals surface area contributed by atoms with Gasteiger partial charge in [0.25, 0.3) is 0 Å². The van der Waals surface area contributed by atoms with Crippen LogP contribution in [0.3, 0.4) is 0 Å². The predicted octanol–water partition coefficient (Wildman–Crippen LogP) is 7.42. The van der Waals surface area contributed by atoms with E-state index in [9.17, 15) is 0 Å². The zero-order valence-electron chi connectivity index (χ0n) is 16.2. The molecule has 0 amide bonds. The van der Waals surface area contributed by atoms with E-state index in [0.717, 1.165) is 0 Å². The van der Waals surface area contributed by atoms with Gasteiger partial charge in [-0.15, -0.1) is 0 Å². The highest BCUT2D eigenvalue weighted by Crippen LogP contribution is 2.37. The summed E-state index contributed by atoms with van der Waals surface area (Å²) in [6.45, 7) is 2.13. The van der Waals surface area contributed by atoms with Gasteiger partial charge in [0.05, 0.1) is 10.9 Å². The van der Waals surface area contributed by atoms with Crippen LogP contribution in [0.5, 0.6) is 0 Å². The molecule has 0 spiro atoms. The Balaban J connectivity index is 0.000000755. The Kier molecular flexibility index (Phi) is 7.54. The van der Waals surface area contributed by atoms with Crippen LogP contribution in [0.15, 0.2) is 124 Å². The van der Waals surface area contributed by atoms with Crippen molar-refractivity contribution >= 4 is 28.3 Å². The zero-order valence-corrected chi connectivity index (χ0v) is 17.8. The van der Waals surface area contributed by atoms with E-state index in [1.165, 1.54) is 36.5 Å². The molecule has 0 unspecified atom stereocenters. The first kappa shape index (κ1) is 20.8. The summed E-state index contributed by atoms with van der Waals surface area (Å²) >= 11 is 3.70.